The lowest BCUT2D eigenvalue weighted by Gasteiger charge is -2.25. The zero-order valence-corrected chi connectivity index (χ0v) is 27.4. The van der Waals surface area contributed by atoms with E-state index in [1.165, 1.54) is 11.3 Å². The number of hydrogen-bond acceptors (Lipinski definition) is 8. The van der Waals surface area contributed by atoms with Crippen LogP contribution in [0, 0.1) is 13.8 Å². The standard InChI is InChI=1S/C35H37N3O6S/c1-8-42-33(40)25-10-14-27(15-11-25)37-21(5)18-26(23(37)7)19-29-32(39)38-31(24-12-16-28(17-13-24)44-20(3)4)30(34(41)43-9-2)22(6)36-35(38)45-29/h10-20,31H,8-9H2,1-7H3. The lowest BCUT2D eigenvalue weighted by molar-refractivity contribution is -0.139. The van der Waals surface area contributed by atoms with Crippen LogP contribution in [0.25, 0.3) is 11.8 Å². The minimum absolute atomic E-state index is 0.0108. The predicted octanol–water partition coefficient (Wildman–Crippen LogP) is 5.17. The van der Waals surface area contributed by atoms with Gasteiger partial charge in [0.25, 0.3) is 5.56 Å². The summed E-state index contributed by atoms with van der Waals surface area (Å²) >= 11 is 1.28. The molecule has 1 aliphatic rings. The molecule has 0 radical (unpaired) electrons. The van der Waals surface area contributed by atoms with Crippen molar-refractivity contribution in [2.24, 2.45) is 4.99 Å². The van der Waals surface area contributed by atoms with E-state index >= 15 is 0 Å². The number of ether oxygens (including phenoxy) is 3. The summed E-state index contributed by atoms with van der Waals surface area (Å²) in [5.74, 6) is -0.163. The smallest absolute Gasteiger partial charge is 0.338 e. The fourth-order valence-corrected chi connectivity index (χ4v) is 6.58. The molecule has 2 aromatic carbocycles. The molecule has 0 fully saturated rings. The van der Waals surface area contributed by atoms with Crippen LogP contribution < -0.4 is 19.6 Å². The molecule has 0 bridgehead atoms. The molecule has 1 aliphatic heterocycles. The molecule has 4 aromatic rings. The van der Waals surface area contributed by atoms with Crippen LogP contribution in [-0.2, 0) is 14.3 Å². The molecule has 0 amide bonds. The Kier molecular flexibility index (Phi) is 9.24. The number of aromatic nitrogens is 2. The summed E-state index contributed by atoms with van der Waals surface area (Å²) in [6.45, 7) is 13.7. The van der Waals surface area contributed by atoms with Crippen molar-refractivity contribution in [1.29, 1.82) is 0 Å². The summed E-state index contributed by atoms with van der Waals surface area (Å²) in [4.78, 5) is 44.6. The molecule has 0 spiro atoms. The van der Waals surface area contributed by atoms with Gasteiger partial charge in [-0.3, -0.25) is 9.36 Å². The van der Waals surface area contributed by atoms with Crippen LogP contribution >= 0.6 is 11.3 Å². The van der Waals surface area contributed by atoms with Crippen molar-refractivity contribution in [3.05, 3.63) is 114 Å². The Morgan fingerprint density at radius 3 is 2.22 bits per heavy atom. The first-order valence-corrected chi connectivity index (χ1v) is 15.8. The average Bonchev–Trinajstić information content (AvgIpc) is 3.46. The van der Waals surface area contributed by atoms with Crippen molar-refractivity contribution < 1.29 is 23.8 Å². The number of nitrogens with zero attached hydrogens (tertiary/aromatic N) is 3. The number of aryl methyl sites for hydroxylation is 1. The normalized spacial score (nSPS) is 14.8. The highest BCUT2D eigenvalue weighted by Crippen LogP contribution is 2.32. The molecule has 3 heterocycles. The number of carbonyl (C=O) groups is 2. The van der Waals surface area contributed by atoms with Gasteiger partial charge in [0.2, 0.25) is 0 Å². The summed E-state index contributed by atoms with van der Waals surface area (Å²) in [5.41, 5.74) is 5.50. The summed E-state index contributed by atoms with van der Waals surface area (Å²) in [6, 6.07) is 16.0. The summed E-state index contributed by atoms with van der Waals surface area (Å²) < 4.78 is 20.5. The first-order chi connectivity index (χ1) is 21.5. The fraction of sp³-hybridized carbons (Fsp3) is 0.314. The zero-order valence-electron chi connectivity index (χ0n) is 26.5. The van der Waals surface area contributed by atoms with E-state index in [4.69, 9.17) is 14.2 Å². The Morgan fingerprint density at radius 1 is 0.956 bits per heavy atom. The van der Waals surface area contributed by atoms with E-state index in [0.29, 0.717) is 38.5 Å². The quantitative estimate of drug-likeness (QED) is 0.238. The van der Waals surface area contributed by atoms with Crippen LogP contribution in [0.4, 0.5) is 0 Å². The third kappa shape index (κ3) is 6.28. The molecule has 9 nitrogen and oxygen atoms in total. The van der Waals surface area contributed by atoms with Gasteiger partial charge < -0.3 is 18.8 Å². The molecule has 2 aromatic heterocycles. The molecule has 45 heavy (non-hydrogen) atoms. The second kappa shape index (κ2) is 13.1. The Labute approximate surface area is 265 Å². The lowest BCUT2D eigenvalue weighted by atomic mass is 9.96. The number of carbonyl (C=O) groups excluding carboxylic acids is 2. The van der Waals surface area contributed by atoms with Crippen LogP contribution in [0.5, 0.6) is 5.75 Å². The molecule has 234 valence electrons. The molecule has 1 atom stereocenters. The molecular formula is C35H37N3O6S. The average molecular weight is 628 g/mol. The van der Waals surface area contributed by atoms with Gasteiger partial charge in [-0.1, -0.05) is 23.5 Å². The van der Waals surface area contributed by atoms with Crippen LogP contribution in [0.15, 0.2) is 75.7 Å². The fourth-order valence-electron chi connectivity index (χ4n) is 5.54. The maximum absolute atomic E-state index is 14.1. The second-order valence-electron chi connectivity index (χ2n) is 11.0. The lowest BCUT2D eigenvalue weighted by Crippen LogP contribution is -2.39. The Hall–Kier alpha value is -4.70. The number of hydrogen-bond donors (Lipinski definition) is 0. The van der Waals surface area contributed by atoms with E-state index in [2.05, 4.69) is 9.56 Å². The van der Waals surface area contributed by atoms with Gasteiger partial charge in [-0.25, -0.2) is 14.6 Å². The summed E-state index contributed by atoms with van der Waals surface area (Å²) in [7, 11) is 0. The minimum atomic E-state index is -0.708. The summed E-state index contributed by atoms with van der Waals surface area (Å²) in [5, 5.41) is 0. The zero-order chi connectivity index (χ0) is 32.4. The van der Waals surface area contributed by atoms with Crippen LogP contribution in [-0.4, -0.2) is 40.4 Å². The number of rotatable bonds is 9. The van der Waals surface area contributed by atoms with Crippen LogP contribution in [0.2, 0.25) is 0 Å². The first kappa shape index (κ1) is 31.7. The van der Waals surface area contributed by atoms with Crippen molar-refractivity contribution in [3.63, 3.8) is 0 Å². The highest BCUT2D eigenvalue weighted by Gasteiger charge is 2.33. The largest absolute Gasteiger partial charge is 0.491 e. The van der Waals surface area contributed by atoms with Gasteiger partial charge in [-0.15, -0.1) is 0 Å². The molecule has 0 aliphatic carbocycles. The predicted molar refractivity (Wildman–Crippen MR) is 174 cm³/mol. The van der Waals surface area contributed by atoms with E-state index in [1.54, 1.807) is 37.5 Å². The third-order valence-corrected chi connectivity index (χ3v) is 8.46. The van der Waals surface area contributed by atoms with E-state index in [1.807, 2.05) is 76.2 Å². The van der Waals surface area contributed by atoms with Gasteiger partial charge in [0.15, 0.2) is 4.80 Å². The number of allylic oxidation sites excluding steroid dienone is 1. The number of fused-ring (bicyclic) bond motifs is 1. The summed E-state index contributed by atoms with van der Waals surface area (Å²) in [6.07, 6.45) is 1.88. The molecule has 5 rings (SSSR count). The van der Waals surface area contributed by atoms with Gasteiger partial charge in [0.05, 0.1) is 46.7 Å². The number of thiazole rings is 1. The third-order valence-electron chi connectivity index (χ3n) is 7.48. The highest BCUT2D eigenvalue weighted by molar-refractivity contribution is 7.07. The maximum atomic E-state index is 14.1. The van der Waals surface area contributed by atoms with Crippen molar-refractivity contribution in [2.45, 2.75) is 60.6 Å². The Morgan fingerprint density at radius 2 is 1.60 bits per heavy atom. The molecule has 0 saturated carbocycles. The van der Waals surface area contributed by atoms with E-state index in [0.717, 1.165) is 28.2 Å². The topological polar surface area (TPSA) is 101 Å². The van der Waals surface area contributed by atoms with Gasteiger partial charge in [0.1, 0.15) is 5.75 Å². The van der Waals surface area contributed by atoms with E-state index in [9.17, 15) is 14.4 Å². The minimum Gasteiger partial charge on any atom is -0.491 e. The van der Waals surface area contributed by atoms with Gasteiger partial charge in [-0.05, 0) is 108 Å². The molecule has 0 N–H and O–H groups in total. The molecular weight excluding hydrogens is 590 g/mol. The van der Waals surface area contributed by atoms with Crippen LogP contribution in [0.1, 0.15) is 73.5 Å². The van der Waals surface area contributed by atoms with Gasteiger partial charge in [-0.2, -0.15) is 0 Å². The monoisotopic (exact) mass is 627 g/mol. The van der Waals surface area contributed by atoms with Crippen LogP contribution in [0.3, 0.4) is 0 Å². The SMILES string of the molecule is CCOC(=O)C1=C(C)N=c2sc(=Cc3cc(C)n(-c4ccc(C(=O)OCC)cc4)c3C)c(=O)n2C1c1ccc(OC(C)C)cc1. The molecule has 0 saturated heterocycles. The van der Waals surface area contributed by atoms with Gasteiger partial charge in [0, 0.05) is 17.1 Å². The Balaban J connectivity index is 1.60. The first-order valence-electron chi connectivity index (χ1n) is 15.0. The Bertz CT molecular complexity index is 1960. The van der Waals surface area contributed by atoms with Crippen molar-refractivity contribution in [3.8, 4) is 11.4 Å². The maximum Gasteiger partial charge on any atom is 0.338 e. The van der Waals surface area contributed by atoms with E-state index < -0.39 is 12.0 Å². The van der Waals surface area contributed by atoms with Crippen molar-refractivity contribution in [1.82, 2.24) is 9.13 Å². The second-order valence-corrected chi connectivity index (χ2v) is 12.0. The highest BCUT2D eigenvalue weighted by atomic mass is 32.1. The van der Waals surface area contributed by atoms with E-state index in [-0.39, 0.29) is 24.2 Å². The molecule has 1 unspecified atom stereocenters. The van der Waals surface area contributed by atoms with Crippen molar-refractivity contribution in [2.75, 3.05) is 13.2 Å². The van der Waals surface area contributed by atoms with Gasteiger partial charge >= 0.3 is 11.9 Å². The number of esters is 2. The van der Waals surface area contributed by atoms with Crippen molar-refractivity contribution >= 4 is 29.4 Å². The molecule has 10 heteroatoms. The number of benzene rings is 2.